The maximum Gasteiger partial charge on any atom is 0.410 e. The molecule has 0 unspecified atom stereocenters. The molecule has 25 heavy (non-hydrogen) atoms. The highest BCUT2D eigenvalue weighted by molar-refractivity contribution is 9.10. The van der Waals surface area contributed by atoms with Gasteiger partial charge in [-0.1, -0.05) is 35.0 Å². The van der Waals surface area contributed by atoms with Gasteiger partial charge in [0.1, 0.15) is 5.60 Å². The molecule has 4 nitrogen and oxygen atoms in total. The lowest BCUT2D eigenvalue weighted by molar-refractivity contribution is 0.0260. The van der Waals surface area contributed by atoms with Crippen molar-refractivity contribution >= 4 is 33.3 Å². The molecule has 2 heterocycles. The van der Waals surface area contributed by atoms with E-state index in [1.807, 2.05) is 44.0 Å². The van der Waals surface area contributed by atoms with Crippen molar-refractivity contribution in [3.05, 3.63) is 40.5 Å². The Bertz CT molecular complexity index is 716. The van der Waals surface area contributed by atoms with Crippen molar-refractivity contribution in [2.45, 2.75) is 52.2 Å². The Labute approximate surface area is 158 Å². The lowest BCUT2D eigenvalue weighted by Gasteiger charge is -2.28. The Morgan fingerprint density at radius 3 is 2.60 bits per heavy atom. The van der Waals surface area contributed by atoms with Crippen LogP contribution < -0.4 is 0 Å². The van der Waals surface area contributed by atoms with Crippen LogP contribution in [-0.2, 0) is 4.74 Å². The molecule has 0 bridgehead atoms. The van der Waals surface area contributed by atoms with Crippen molar-refractivity contribution < 1.29 is 9.53 Å². The Kier molecular flexibility index (Phi) is 5.05. The van der Waals surface area contributed by atoms with Crippen molar-refractivity contribution in [2.24, 2.45) is 10.9 Å². The smallest absolute Gasteiger partial charge is 0.410 e. The minimum absolute atomic E-state index is 0.0362. The number of nitrogens with zero attached hydrogens (tertiary/aromatic N) is 2. The van der Waals surface area contributed by atoms with E-state index in [2.05, 4.69) is 40.0 Å². The second kappa shape index (κ2) is 6.94. The van der Waals surface area contributed by atoms with Gasteiger partial charge in [-0.2, -0.15) is 0 Å². The fraction of sp³-hybridized carbons (Fsp3) is 0.500. The number of halogens is 1. The van der Waals surface area contributed by atoms with Gasteiger partial charge in [0.15, 0.2) is 0 Å². The monoisotopic (exact) mass is 404 g/mol. The summed E-state index contributed by atoms with van der Waals surface area (Å²) in [5.74, 6) is 0.456. The van der Waals surface area contributed by atoms with Crippen LogP contribution in [0.25, 0.3) is 5.57 Å². The molecule has 2 atom stereocenters. The number of hydrogen-bond donors (Lipinski definition) is 0. The van der Waals surface area contributed by atoms with Gasteiger partial charge in [-0.05, 0) is 56.4 Å². The number of benzene rings is 1. The summed E-state index contributed by atoms with van der Waals surface area (Å²) in [4.78, 5) is 19.1. The number of carbonyl (C=O) groups is 1. The average molecular weight is 405 g/mol. The molecule has 1 aromatic carbocycles. The first-order valence-electron chi connectivity index (χ1n) is 8.74. The highest BCUT2D eigenvalue weighted by Crippen LogP contribution is 2.32. The van der Waals surface area contributed by atoms with Gasteiger partial charge in [-0.15, -0.1) is 0 Å². The Balaban J connectivity index is 1.71. The normalized spacial score (nSPS) is 23.5. The quantitative estimate of drug-likeness (QED) is 0.672. The highest BCUT2D eigenvalue weighted by Gasteiger charge is 2.39. The van der Waals surface area contributed by atoms with E-state index >= 15 is 0 Å². The minimum Gasteiger partial charge on any atom is -0.444 e. The average Bonchev–Trinajstić information content (AvgIpc) is 3.12. The summed E-state index contributed by atoms with van der Waals surface area (Å²) in [5.41, 5.74) is 2.96. The zero-order valence-corrected chi connectivity index (χ0v) is 16.8. The number of amides is 1. The second-order valence-corrected chi connectivity index (χ2v) is 8.86. The van der Waals surface area contributed by atoms with Gasteiger partial charge in [0, 0.05) is 29.3 Å². The molecule has 0 saturated carbocycles. The van der Waals surface area contributed by atoms with Crippen LogP contribution in [0.15, 0.2) is 39.9 Å². The predicted octanol–water partition coefficient (Wildman–Crippen LogP) is 5.28. The van der Waals surface area contributed by atoms with Crippen molar-refractivity contribution in [1.29, 1.82) is 0 Å². The molecule has 0 spiro atoms. The number of carbonyl (C=O) groups excluding carboxylic acids is 1. The number of likely N-dealkylation sites (tertiary alicyclic amines) is 1. The summed E-state index contributed by atoms with van der Waals surface area (Å²) in [5, 5.41) is 0. The van der Waals surface area contributed by atoms with E-state index in [-0.39, 0.29) is 12.1 Å². The fourth-order valence-electron chi connectivity index (χ4n) is 3.38. The van der Waals surface area contributed by atoms with E-state index in [0.29, 0.717) is 5.92 Å². The summed E-state index contributed by atoms with van der Waals surface area (Å²) in [6, 6.07) is 8.31. The standard InChI is InChI=1S/C20H25BrN2O2/c1-13-9-18(23(12-13)19(24)25-20(2,3)4)17-10-15(11-22-17)14-5-7-16(21)8-6-14/h5-8,11,13,18H,9-10,12H2,1-4H3/t13-,18-/m0/s1. The van der Waals surface area contributed by atoms with Gasteiger partial charge in [-0.3, -0.25) is 9.89 Å². The number of rotatable bonds is 2. The van der Waals surface area contributed by atoms with Gasteiger partial charge in [0.05, 0.1) is 6.04 Å². The van der Waals surface area contributed by atoms with E-state index in [1.165, 1.54) is 11.1 Å². The molecular weight excluding hydrogens is 380 g/mol. The molecule has 5 heteroatoms. The Hall–Kier alpha value is -1.62. The third kappa shape index (κ3) is 4.32. The van der Waals surface area contributed by atoms with Crippen molar-refractivity contribution in [3.8, 4) is 0 Å². The van der Waals surface area contributed by atoms with Gasteiger partial charge in [0.25, 0.3) is 0 Å². The SMILES string of the molecule is C[C@H]1C[C@@H](C2=NC=C(c3ccc(Br)cc3)C2)N(C(=O)OC(C)(C)C)C1. The van der Waals surface area contributed by atoms with Crippen LogP contribution in [0.3, 0.4) is 0 Å². The molecular formula is C20H25BrN2O2. The number of hydrogen-bond acceptors (Lipinski definition) is 3. The van der Waals surface area contributed by atoms with Crippen LogP contribution in [0, 0.1) is 5.92 Å². The molecule has 1 saturated heterocycles. The third-order valence-electron chi connectivity index (χ3n) is 4.50. The van der Waals surface area contributed by atoms with Crippen LogP contribution in [0.2, 0.25) is 0 Å². The van der Waals surface area contributed by atoms with Crippen LogP contribution in [0.5, 0.6) is 0 Å². The summed E-state index contributed by atoms with van der Waals surface area (Å²) in [6.45, 7) is 8.61. The van der Waals surface area contributed by atoms with Crippen LogP contribution >= 0.6 is 15.9 Å². The molecule has 0 aliphatic carbocycles. The van der Waals surface area contributed by atoms with Gasteiger partial charge in [0.2, 0.25) is 0 Å². The molecule has 2 aliphatic heterocycles. The maximum atomic E-state index is 12.6. The molecule has 3 rings (SSSR count). The molecule has 134 valence electrons. The zero-order valence-electron chi connectivity index (χ0n) is 15.3. The van der Waals surface area contributed by atoms with Crippen LogP contribution in [-0.4, -0.2) is 34.9 Å². The second-order valence-electron chi connectivity index (χ2n) is 7.95. The predicted molar refractivity (Wildman–Crippen MR) is 105 cm³/mol. The minimum atomic E-state index is -0.480. The van der Waals surface area contributed by atoms with E-state index in [9.17, 15) is 4.79 Å². The number of aliphatic imine (C=N–C) groups is 1. The Morgan fingerprint density at radius 2 is 1.96 bits per heavy atom. The van der Waals surface area contributed by atoms with E-state index in [1.54, 1.807) is 0 Å². The van der Waals surface area contributed by atoms with Gasteiger partial charge >= 0.3 is 6.09 Å². The largest absolute Gasteiger partial charge is 0.444 e. The van der Waals surface area contributed by atoms with Crippen molar-refractivity contribution in [2.75, 3.05) is 6.54 Å². The molecule has 1 fully saturated rings. The van der Waals surface area contributed by atoms with Crippen molar-refractivity contribution in [3.63, 3.8) is 0 Å². The molecule has 2 aliphatic rings. The number of ether oxygens (including phenoxy) is 1. The first kappa shape index (κ1) is 18.2. The van der Waals surface area contributed by atoms with E-state index < -0.39 is 5.60 Å². The van der Waals surface area contributed by atoms with E-state index in [0.717, 1.165) is 29.6 Å². The van der Waals surface area contributed by atoms with Crippen LogP contribution in [0.4, 0.5) is 4.79 Å². The molecule has 0 radical (unpaired) electrons. The lowest BCUT2D eigenvalue weighted by atomic mass is 9.97. The molecule has 1 aromatic rings. The van der Waals surface area contributed by atoms with Crippen molar-refractivity contribution in [1.82, 2.24) is 4.90 Å². The van der Waals surface area contributed by atoms with E-state index in [4.69, 9.17) is 4.74 Å². The highest BCUT2D eigenvalue weighted by atomic mass is 79.9. The first-order chi connectivity index (χ1) is 11.7. The van der Waals surface area contributed by atoms with Gasteiger partial charge in [-0.25, -0.2) is 4.79 Å². The molecule has 0 aromatic heterocycles. The topological polar surface area (TPSA) is 41.9 Å². The summed E-state index contributed by atoms with van der Waals surface area (Å²) < 4.78 is 6.66. The summed E-state index contributed by atoms with van der Waals surface area (Å²) >= 11 is 3.47. The Morgan fingerprint density at radius 1 is 1.28 bits per heavy atom. The molecule has 0 N–H and O–H groups in total. The summed E-state index contributed by atoms with van der Waals surface area (Å²) in [6.07, 6.45) is 3.44. The zero-order chi connectivity index (χ0) is 18.2. The van der Waals surface area contributed by atoms with Gasteiger partial charge < -0.3 is 4.74 Å². The third-order valence-corrected chi connectivity index (χ3v) is 5.02. The number of allylic oxidation sites excluding steroid dienone is 1. The summed E-state index contributed by atoms with van der Waals surface area (Å²) in [7, 11) is 0. The lowest BCUT2D eigenvalue weighted by Crippen LogP contribution is -2.43. The van der Waals surface area contributed by atoms with Crippen LogP contribution in [0.1, 0.15) is 46.1 Å². The fourth-order valence-corrected chi connectivity index (χ4v) is 3.64. The molecule has 1 amide bonds. The first-order valence-corrected chi connectivity index (χ1v) is 9.53. The maximum absolute atomic E-state index is 12.6.